The molecule has 0 unspecified atom stereocenters. The highest BCUT2D eigenvalue weighted by Crippen LogP contribution is 2.27. The van der Waals surface area contributed by atoms with Crippen LogP contribution in [0.4, 0.5) is 4.39 Å². The Bertz CT molecular complexity index is 861. The fourth-order valence-corrected chi connectivity index (χ4v) is 4.78. The fraction of sp³-hybridized carbons (Fsp3) is 0.529. The number of sulfonamides is 1. The second-order valence-corrected chi connectivity index (χ2v) is 9.00. The minimum Gasteiger partial charge on any atom is -0.339 e. The maximum atomic E-state index is 13.3. The number of hydrogen-bond acceptors (Lipinski definition) is 5. The van der Waals surface area contributed by atoms with Crippen LogP contribution in [-0.2, 0) is 14.8 Å². The molecule has 0 atom stereocenters. The van der Waals surface area contributed by atoms with Gasteiger partial charge in [-0.1, -0.05) is 11.6 Å². The number of rotatable bonds is 6. The molecule has 3 rings (SSSR count). The van der Waals surface area contributed by atoms with Crippen molar-refractivity contribution in [1.29, 1.82) is 5.26 Å². The smallest absolute Gasteiger partial charge is 0.243 e. The minimum atomic E-state index is -3.79. The normalized spacial score (nSPS) is 18.5. The third-order valence-corrected chi connectivity index (χ3v) is 6.98. The summed E-state index contributed by atoms with van der Waals surface area (Å²) in [4.78, 5) is 15.9. The van der Waals surface area contributed by atoms with Crippen LogP contribution in [0.1, 0.15) is 12.8 Å². The third-order valence-electron chi connectivity index (χ3n) is 4.80. The first-order valence-corrected chi connectivity index (χ1v) is 10.5. The fourth-order valence-electron chi connectivity index (χ4n) is 3.08. The molecule has 0 spiro atoms. The van der Waals surface area contributed by atoms with Gasteiger partial charge in [0.05, 0.1) is 29.1 Å². The van der Waals surface area contributed by atoms with E-state index in [0.717, 1.165) is 25.0 Å². The largest absolute Gasteiger partial charge is 0.339 e. The van der Waals surface area contributed by atoms with Gasteiger partial charge in [-0.3, -0.25) is 9.69 Å². The van der Waals surface area contributed by atoms with Crippen molar-refractivity contribution < 1.29 is 17.6 Å². The lowest BCUT2D eigenvalue weighted by Gasteiger charge is -2.35. The monoisotopic (exact) mass is 414 g/mol. The zero-order valence-electron chi connectivity index (χ0n) is 14.6. The molecule has 1 saturated carbocycles. The molecule has 1 heterocycles. The Morgan fingerprint density at radius 2 is 1.96 bits per heavy atom. The Morgan fingerprint density at radius 1 is 1.30 bits per heavy atom. The number of hydrogen-bond donors (Lipinski definition) is 0. The summed E-state index contributed by atoms with van der Waals surface area (Å²) in [6.45, 7) is 1.26. The van der Waals surface area contributed by atoms with Gasteiger partial charge < -0.3 is 4.90 Å². The lowest BCUT2D eigenvalue weighted by molar-refractivity contribution is -0.133. The average molecular weight is 415 g/mol. The molecule has 0 aromatic heterocycles. The first-order chi connectivity index (χ1) is 12.8. The van der Waals surface area contributed by atoms with Gasteiger partial charge in [-0.05, 0) is 31.0 Å². The Hall–Kier alpha value is -1.73. The lowest BCUT2D eigenvalue weighted by atomic mass is 10.3. The number of carbonyl (C=O) groups is 1. The van der Waals surface area contributed by atoms with E-state index >= 15 is 0 Å². The topological polar surface area (TPSA) is 84.7 Å². The van der Waals surface area contributed by atoms with Gasteiger partial charge in [0.2, 0.25) is 15.9 Å². The molecule has 1 aliphatic carbocycles. The Labute approximate surface area is 162 Å². The standard InChI is InChI=1S/C17H20ClFN4O3S/c18-15-11-14(3-4-16(15)19)27(25,26)23-9-7-21(8-10-23)17(24)12-22(6-5-20)13-1-2-13/h3-4,11,13H,1-2,6-10,12H2. The predicted octanol–water partition coefficient (Wildman–Crippen LogP) is 1.30. The summed E-state index contributed by atoms with van der Waals surface area (Å²) >= 11 is 5.69. The molecule has 10 heteroatoms. The minimum absolute atomic E-state index is 0.0670. The third kappa shape index (κ3) is 4.58. The zero-order chi connectivity index (χ0) is 19.6. The summed E-state index contributed by atoms with van der Waals surface area (Å²) in [6, 6.07) is 5.69. The predicted molar refractivity (Wildman–Crippen MR) is 97.0 cm³/mol. The van der Waals surface area contributed by atoms with E-state index in [0.29, 0.717) is 6.04 Å². The molecule has 2 fully saturated rings. The second-order valence-electron chi connectivity index (χ2n) is 6.66. The van der Waals surface area contributed by atoms with E-state index in [1.807, 2.05) is 4.90 Å². The second kappa shape index (κ2) is 8.10. The number of nitrogens with zero attached hydrogens (tertiary/aromatic N) is 4. The van der Waals surface area contributed by atoms with Gasteiger partial charge in [0.25, 0.3) is 0 Å². The molecule has 1 aromatic carbocycles. The van der Waals surface area contributed by atoms with Crippen LogP contribution in [0.3, 0.4) is 0 Å². The number of piperazine rings is 1. The highest BCUT2D eigenvalue weighted by atomic mass is 35.5. The SMILES string of the molecule is N#CCN(CC(=O)N1CCN(S(=O)(=O)c2ccc(F)c(Cl)c2)CC1)C1CC1. The summed E-state index contributed by atoms with van der Waals surface area (Å²) in [6.07, 6.45) is 2.00. The van der Waals surface area contributed by atoms with Crippen LogP contribution >= 0.6 is 11.6 Å². The molecule has 2 aliphatic rings. The van der Waals surface area contributed by atoms with Gasteiger partial charge in [-0.2, -0.15) is 9.57 Å². The van der Waals surface area contributed by atoms with E-state index in [1.165, 1.54) is 10.4 Å². The lowest BCUT2D eigenvalue weighted by Crippen LogP contribution is -2.52. The van der Waals surface area contributed by atoms with Crippen LogP contribution in [0.5, 0.6) is 0 Å². The molecule has 0 N–H and O–H groups in total. The van der Waals surface area contributed by atoms with Gasteiger partial charge >= 0.3 is 0 Å². The van der Waals surface area contributed by atoms with Crippen LogP contribution in [0.25, 0.3) is 0 Å². The molecule has 0 bridgehead atoms. The van der Waals surface area contributed by atoms with Crippen molar-refractivity contribution >= 4 is 27.5 Å². The Kier molecular flexibility index (Phi) is 6.01. The average Bonchev–Trinajstić information content (AvgIpc) is 3.48. The number of halogens is 2. The van der Waals surface area contributed by atoms with Crippen molar-refractivity contribution in [2.75, 3.05) is 39.3 Å². The zero-order valence-corrected chi connectivity index (χ0v) is 16.2. The number of nitriles is 1. The van der Waals surface area contributed by atoms with Crippen LogP contribution in [-0.4, -0.2) is 73.7 Å². The van der Waals surface area contributed by atoms with Crippen molar-refractivity contribution in [2.24, 2.45) is 0 Å². The summed E-state index contributed by atoms with van der Waals surface area (Å²) < 4.78 is 39.9. The summed E-state index contributed by atoms with van der Waals surface area (Å²) in [5.41, 5.74) is 0. The molecule has 1 amide bonds. The number of carbonyl (C=O) groups excluding carboxylic acids is 1. The first kappa shape index (κ1) is 20.0. The molecule has 27 heavy (non-hydrogen) atoms. The van der Waals surface area contributed by atoms with E-state index in [1.54, 1.807) is 4.90 Å². The van der Waals surface area contributed by atoms with Crippen molar-refractivity contribution in [3.05, 3.63) is 29.0 Å². The maximum Gasteiger partial charge on any atom is 0.243 e. The van der Waals surface area contributed by atoms with Crippen molar-refractivity contribution in [3.8, 4) is 6.07 Å². The highest BCUT2D eigenvalue weighted by molar-refractivity contribution is 7.89. The van der Waals surface area contributed by atoms with Crippen molar-refractivity contribution in [1.82, 2.24) is 14.1 Å². The molecular formula is C17H20ClFN4O3S. The first-order valence-electron chi connectivity index (χ1n) is 8.67. The van der Waals surface area contributed by atoms with Gasteiger partial charge in [-0.25, -0.2) is 12.8 Å². The summed E-state index contributed by atoms with van der Waals surface area (Å²) in [5.74, 6) is -0.775. The number of benzene rings is 1. The van der Waals surface area contributed by atoms with E-state index in [-0.39, 0.29) is 55.1 Å². The van der Waals surface area contributed by atoms with Crippen LogP contribution in [0.15, 0.2) is 23.1 Å². The molecular weight excluding hydrogens is 395 g/mol. The van der Waals surface area contributed by atoms with E-state index in [2.05, 4.69) is 6.07 Å². The molecule has 146 valence electrons. The Balaban J connectivity index is 1.60. The van der Waals surface area contributed by atoms with E-state index < -0.39 is 15.8 Å². The van der Waals surface area contributed by atoms with Gasteiger partial charge in [-0.15, -0.1) is 0 Å². The highest BCUT2D eigenvalue weighted by Gasteiger charge is 2.34. The quantitative estimate of drug-likeness (QED) is 0.655. The number of amides is 1. The van der Waals surface area contributed by atoms with Gasteiger partial charge in [0.1, 0.15) is 5.82 Å². The van der Waals surface area contributed by atoms with Gasteiger partial charge in [0, 0.05) is 32.2 Å². The maximum absolute atomic E-state index is 13.3. The van der Waals surface area contributed by atoms with Crippen LogP contribution < -0.4 is 0 Å². The molecule has 7 nitrogen and oxygen atoms in total. The molecule has 1 aromatic rings. The molecule has 0 radical (unpaired) electrons. The summed E-state index contributed by atoms with van der Waals surface area (Å²) in [7, 11) is -3.79. The van der Waals surface area contributed by atoms with Crippen molar-refractivity contribution in [2.45, 2.75) is 23.8 Å². The molecule has 1 saturated heterocycles. The van der Waals surface area contributed by atoms with Crippen molar-refractivity contribution in [3.63, 3.8) is 0 Å². The van der Waals surface area contributed by atoms with E-state index in [4.69, 9.17) is 16.9 Å². The van der Waals surface area contributed by atoms with E-state index in [9.17, 15) is 17.6 Å². The van der Waals surface area contributed by atoms with Crippen LogP contribution in [0.2, 0.25) is 5.02 Å². The molecule has 1 aliphatic heterocycles. The van der Waals surface area contributed by atoms with Gasteiger partial charge in [0.15, 0.2) is 0 Å². The van der Waals surface area contributed by atoms with Crippen LogP contribution in [0, 0.1) is 17.1 Å². The Morgan fingerprint density at radius 3 is 2.52 bits per heavy atom. The summed E-state index contributed by atoms with van der Waals surface area (Å²) in [5, 5.41) is 8.64.